The number of benzene rings is 2. The van der Waals surface area contributed by atoms with Gasteiger partial charge in [-0.25, -0.2) is 9.37 Å². The summed E-state index contributed by atoms with van der Waals surface area (Å²) in [6, 6.07) is 15.8. The SMILES string of the molecule is C=CCOc1ccc(C(O)=C2C(=O)C(=O)N(c3ccccn3)[C@H]2c2ccccc2F)cc1. The maximum absolute atomic E-state index is 14.8. The first-order valence-electron chi connectivity index (χ1n) is 9.83. The number of nitrogens with zero attached hydrogens (tertiary/aromatic N) is 2. The van der Waals surface area contributed by atoms with E-state index in [0.717, 1.165) is 4.90 Å². The molecule has 1 aliphatic rings. The molecule has 0 radical (unpaired) electrons. The predicted molar refractivity (Wildman–Crippen MR) is 118 cm³/mol. The molecule has 2 heterocycles. The molecule has 1 fully saturated rings. The summed E-state index contributed by atoms with van der Waals surface area (Å²) in [5.74, 6) is -2.13. The number of aliphatic hydroxyl groups is 1. The fraction of sp³-hybridized carbons (Fsp3) is 0.0800. The number of amides is 1. The summed E-state index contributed by atoms with van der Waals surface area (Å²) in [5, 5.41) is 11.0. The maximum atomic E-state index is 14.8. The second kappa shape index (κ2) is 8.85. The zero-order valence-corrected chi connectivity index (χ0v) is 16.9. The molecule has 2 aromatic carbocycles. The Labute approximate surface area is 183 Å². The first-order chi connectivity index (χ1) is 15.5. The number of aromatic nitrogens is 1. The van der Waals surface area contributed by atoms with E-state index in [9.17, 15) is 19.1 Å². The summed E-state index contributed by atoms with van der Waals surface area (Å²) >= 11 is 0. The minimum absolute atomic E-state index is 0.0739. The van der Waals surface area contributed by atoms with Gasteiger partial charge in [-0.15, -0.1) is 0 Å². The van der Waals surface area contributed by atoms with E-state index in [1.807, 2.05) is 0 Å². The third-order valence-electron chi connectivity index (χ3n) is 5.04. The smallest absolute Gasteiger partial charge is 0.301 e. The van der Waals surface area contributed by atoms with E-state index in [1.165, 1.54) is 24.4 Å². The van der Waals surface area contributed by atoms with Gasteiger partial charge in [-0.05, 0) is 42.5 Å². The molecule has 1 aliphatic heterocycles. The largest absolute Gasteiger partial charge is 0.507 e. The van der Waals surface area contributed by atoms with Gasteiger partial charge in [0.25, 0.3) is 5.78 Å². The van der Waals surface area contributed by atoms with E-state index < -0.39 is 29.3 Å². The standard InChI is InChI=1S/C25H19FN2O4/c1-2-15-32-17-12-10-16(11-13-17)23(29)21-22(18-7-3-4-8-19(18)26)28(25(31)24(21)30)20-9-5-6-14-27-20/h2-14,22,29H,1,15H2/t22-/m0/s1. The molecule has 0 bridgehead atoms. The van der Waals surface area contributed by atoms with Crippen molar-refractivity contribution in [3.63, 3.8) is 0 Å². The lowest BCUT2D eigenvalue weighted by atomic mass is 9.95. The number of ether oxygens (including phenoxy) is 1. The molecule has 160 valence electrons. The van der Waals surface area contributed by atoms with Crippen LogP contribution in [0.1, 0.15) is 17.2 Å². The molecule has 1 aromatic heterocycles. The number of rotatable bonds is 6. The highest BCUT2D eigenvalue weighted by molar-refractivity contribution is 6.51. The van der Waals surface area contributed by atoms with Crippen molar-refractivity contribution >= 4 is 23.3 Å². The lowest BCUT2D eigenvalue weighted by Gasteiger charge is -2.24. The number of anilines is 1. The number of pyridine rings is 1. The maximum Gasteiger partial charge on any atom is 0.301 e. The van der Waals surface area contributed by atoms with Crippen molar-refractivity contribution in [2.24, 2.45) is 0 Å². The molecule has 0 spiro atoms. The molecular weight excluding hydrogens is 411 g/mol. The molecule has 7 heteroatoms. The zero-order valence-electron chi connectivity index (χ0n) is 16.9. The highest BCUT2D eigenvalue weighted by atomic mass is 19.1. The van der Waals surface area contributed by atoms with Crippen LogP contribution in [-0.4, -0.2) is 28.4 Å². The summed E-state index contributed by atoms with van der Waals surface area (Å²) in [7, 11) is 0. The van der Waals surface area contributed by atoms with E-state index in [4.69, 9.17) is 4.74 Å². The molecule has 3 aromatic rings. The lowest BCUT2D eigenvalue weighted by Crippen LogP contribution is -2.30. The Bertz CT molecular complexity index is 1210. The quantitative estimate of drug-likeness (QED) is 0.271. The predicted octanol–water partition coefficient (Wildman–Crippen LogP) is 4.41. The number of hydrogen-bond donors (Lipinski definition) is 1. The topological polar surface area (TPSA) is 79.7 Å². The molecule has 6 nitrogen and oxygen atoms in total. The molecule has 0 aliphatic carbocycles. The average molecular weight is 430 g/mol. The van der Waals surface area contributed by atoms with Gasteiger partial charge in [-0.2, -0.15) is 0 Å². The Hall–Kier alpha value is -4.26. The summed E-state index contributed by atoms with van der Waals surface area (Å²) in [4.78, 5) is 31.2. The summed E-state index contributed by atoms with van der Waals surface area (Å²) < 4.78 is 20.2. The first kappa shape index (κ1) is 21.0. The van der Waals surface area contributed by atoms with E-state index in [1.54, 1.807) is 54.6 Å². The van der Waals surface area contributed by atoms with Gasteiger partial charge in [0.15, 0.2) is 0 Å². The number of carbonyl (C=O) groups excluding carboxylic acids is 2. The third kappa shape index (κ3) is 3.76. The van der Waals surface area contributed by atoms with Gasteiger partial charge in [-0.1, -0.05) is 36.9 Å². The molecule has 0 unspecified atom stereocenters. The molecule has 1 amide bonds. The van der Waals surface area contributed by atoms with Crippen LogP contribution in [0.3, 0.4) is 0 Å². The van der Waals surface area contributed by atoms with E-state index in [-0.39, 0.29) is 22.5 Å². The molecule has 4 rings (SSSR count). The number of ketones is 1. The van der Waals surface area contributed by atoms with Crippen LogP contribution < -0.4 is 9.64 Å². The van der Waals surface area contributed by atoms with Gasteiger partial charge in [0.05, 0.1) is 11.6 Å². The summed E-state index contributed by atoms with van der Waals surface area (Å²) in [5.41, 5.74) is 0.145. The highest BCUT2D eigenvalue weighted by Gasteiger charge is 2.48. The van der Waals surface area contributed by atoms with Gasteiger partial charge in [0.1, 0.15) is 29.8 Å². The van der Waals surface area contributed by atoms with Crippen LogP contribution in [0.25, 0.3) is 5.76 Å². The van der Waals surface area contributed by atoms with Crippen molar-refractivity contribution in [2.45, 2.75) is 6.04 Å². The van der Waals surface area contributed by atoms with Crippen LogP contribution in [0.2, 0.25) is 0 Å². The Morgan fingerprint density at radius 1 is 1.09 bits per heavy atom. The Kier molecular flexibility index (Phi) is 5.81. The van der Waals surface area contributed by atoms with E-state index in [0.29, 0.717) is 12.4 Å². The number of aliphatic hydroxyl groups excluding tert-OH is 1. The van der Waals surface area contributed by atoms with Crippen molar-refractivity contribution in [2.75, 3.05) is 11.5 Å². The number of halogens is 1. The minimum Gasteiger partial charge on any atom is -0.507 e. The van der Waals surface area contributed by atoms with Crippen molar-refractivity contribution in [3.05, 3.63) is 108 Å². The van der Waals surface area contributed by atoms with Gasteiger partial charge in [0, 0.05) is 17.3 Å². The van der Waals surface area contributed by atoms with Crippen molar-refractivity contribution in [1.82, 2.24) is 4.98 Å². The second-order valence-electron chi connectivity index (χ2n) is 7.00. The van der Waals surface area contributed by atoms with Crippen molar-refractivity contribution in [3.8, 4) is 5.75 Å². The number of hydrogen-bond acceptors (Lipinski definition) is 5. The normalized spacial score (nSPS) is 17.4. The molecule has 1 saturated heterocycles. The van der Waals surface area contributed by atoms with Crippen LogP contribution in [0.4, 0.5) is 10.2 Å². The third-order valence-corrected chi connectivity index (χ3v) is 5.04. The van der Waals surface area contributed by atoms with Gasteiger partial charge >= 0.3 is 5.91 Å². The summed E-state index contributed by atoms with van der Waals surface area (Å²) in [6.45, 7) is 3.90. The molecule has 32 heavy (non-hydrogen) atoms. The monoisotopic (exact) mass is 430 g/mol. The van der Waals surface area contributed by atoms with Crippen molar-refractivity contribution < 1.29 is 23.8 Å². The summed E-state index contributed by atoms with van der Waals surface area (Å²) in [6.07, 6.45) is 3.07. The fourth-order valence-corrected chi connectivity index (χ4v) is 3.58. The molecule has 1 atom stereocenters. The minimum atomic E-state index is -1.18. The van der Waals surface area contributed by atoms with Crippen LogP contribution >= 0.6 is 0 Å². The lowest BCUT2D eigenvalue weighted by molar-refractivity contribution is -0.132. The molecule has 1 N–H and O–H groups in total. The van der Waals surface area contributed by atoms with E-state index in [2.05, 4.69) is 11.6 Å². The Balaban J connectivity index is 1.87. The van der Waals surface area contributed by atoms with Crippen LogP contribution in [0, 0.1) is 5.82 Å². The van der Waals surface area contributed by atoms with Gasteiger partial charge in [0.2, 0.25) is 0 Å². The molecular formula is C25H19FN2O4. The first-order valence-corrected chi connectivity index (χ1v) is 9.83. The van der Waals surface area contributed by atoms with Gasteiger partial charge < -0.3 is 9.84 Å². The van der Waals surface area contributed by atoms with Crippen LogP contribution in [0.15, 0.2) is 91.2 Å². The average Bonchev–Trinajstić information content (AvgIpc) is 3.08. The Morgan fingerprint density at radius 3 is 2.47 bits per heavy atom. The van der Waals surface area contributed by atoms with Crippen LogP contribution in [0.5, 0.6) is 5.75 Å². The zero-order chi connectivity index (χ0) is 22.7. The second-order valence-corrected chi connectivity index (χ2v) is 7.00. The molecule has 0 saturated carbocycles. The number of Topliss-reactive ketones (excluding diaryl/α,β-unsaturated/α-hetero) is 1. The Morgan fingerprint density at radius 2 is 1.81 bits per heavy atom. The highest BCUT2D eigenvalue weighted by Crippen LogP contribution is 2.42. The van der Waals surface area contributed by atoms with Gasteiger partial charge in [-0.3, -0.25) is 14.5 Å². The van der Waals surface area contributed by atoms with Crippen LogP contribution in [-0.2, 0) is 9.59 Å². The number of carbonyl (C=O) groups is 2. The van der Waals surface area contributed by atoms with Crippen molar-refractivity contribution in [1.29, 1.82) is 0 Å². The fourth-order valence-electron chi connectivity index (χ4n) is 3.58. The van der Waals surface area contributed by atoms with E-state index >= 15 is 0 Å².